The van der Waals surface area contributed by atoms with Crippen molar-refractivity contribution in [2.45, 2.75) is 57.1 Å². The Hall–Kier alpha value is -2.55. The van der Waals surface area contributed by atoms with E-state index in [2.05, 4.69) is 14.8 Å². The van der Waals surface area contributed by atoms with Crippen LogP contribution >= 0.6 is 0 Å². The number of rotatable bonds is 4. The SMILES string of the molecule is COc1cc(OC(N)=O)cnc1N1CCC[C@@]2(CCN([C@H]3CC[C@@H](O)CC3)C2=O)C1. The standard InChI is InChI=1S/C21H30N4O5/c1-29-17-11-16(30-20(22)28)12-23-18(17)24-9-2-7-21(13-24)8-10-25(19(21)27)14-3-5-15(26)6-4-14/h11-12,14-15,26H,2-10,13H2,1H3,(H2,22,28)/t14-,15+,21-/m1/s1. The second-order valence-electron chi connectivity index (χ2n) is 8.63. The van der Waals surface area contributed by atoms with Gasteiger partial charge in [0, 0.05) is 31.7 Å². The maximum Gasteiger partial charge on any atom is 0.410 e. The Balaban J connectivity index is 1.51. The average Bonchev–Trinajstić information content (AvgIpc) is 3.03. The highest BCUT2D eigenvalue weighted by Crippen LogP contribution is 2.44. The lowest BCUT2D eigenvalue weighted by atomic mass is 9.78. The molecule has 0 bridgehead atoms. The van der Waals surface area contributed by atoms with Crippen LogP contribution in [-0.4, -0.2) is 65.9 Å². The molecule has 0 aromatic carbocycles. The normalized spacial score (nSPS) is 29.3. The number of ether oxygens (including phenoxy) is 2. The van der Waals surface area contributed by atoms with E-state index in [-0.39, 0.29) is 23.8 Å². The number of nitrogens with two attached hydrogens (primary N) is 1. The first kappa shape index (κ1) is 20.7. The molecule has 0 unspecified atom stereocenters. The molecule has 3 aliphatic rings. The molecule has 0 radical (unpaired) electrons. The van der Waals surface area contributed by atoms with E-state index in [1.54, 1.807) is 6.07 Å². The van der Waals surface area contributed by atoms with E-state index in [0.29, 0.717) is 18.1 Å². The molecule has 9 heteroatoms. The van der Waals surface area contributed by atoms with Crippen molar-refractivity contribution in [2.24, 2.45) is 11.1 Å². The molecule has 9 nitrogen and oxygen atoms in total. The number of primary amides is 1. The van der Waals surface area contributed by atoms with Gasteiger partial charge in [0.25, 0.3) is 0 Å². The van der Waals surface area contributed by atoms with Gasteiger partial charge in [-0.1, -0.05) is 0 Å². The van der Waals surface area contributed by atoms with E-state index in [1.165, 1.54) is 13.3 Å². The highest BCUT2D eigenvalue weighted by Gasteiger charge is 2.51. The van der Waals surface area contributed by atoms with Crippen molar-refractivity contribution in [3.05, 3.63) is 12.3 Å². The summed E-state index contributed by atoms with van der Waals surface area (Å²) in [5.41, 5.74) is 4.68. The summed E-state index contributed by atoms with van der Waals surface area (Å²) in [6.07, 6.45) is 6.23. The van der Waals surface area contributed by atoms with Crippen molar-refractivity contribution in [1.29, 1.82) is 0 Å². The number of nitrogens with zero attached hydrogens (tertiary/aromatic N) is 3. The number of carbonyl (C=O) groups is 2. The van der Waals surface area contributed by atoms with Crippen LogP contribution < -0.4 is 20.1 Å². The quantitative estimate of drug-likeness (QED) is 0.763. The molecule has 1 atom stereocenters. The Morgan fingerprint density at radius 2 is 2.03 bits per heavy atom. The minimum absolute atomic E-state index is 0.220. The number of pyridine rings is 1. The molecule has 1 spiro atoms. The number of amides is 2. The van der Waals surface area contributed by atoms with Gasteiger partial charge >= 0.3 is 6.09 Å². The molecule has 1 saturated carbocycles. The summed E-state index contributed by atoms with van der Waals surface area (Å²) in [6.45, 7) is 2.16. The number of likely N-dealkylation sites (tertiary alicyclic amines) is 1. The summed E-state index contributed by atoms with van der Waals surface area (Å²) in [5, 5.41) is 9.79. The van der Waals surface area contributed by atoms with Crippen molar-refractivity contribution < 1.29 is 24.2 Å². The van der Waals surface area contributed by atoms with Gasteiger partial charge in [-0.25, -0.2) is 9.78 Å². The van der Waals surface area contributed by atoms with Crippen LogP contribution in [-0.2, 0) is 4.79 Å². The summed E-state index contributed by atoms with van der Waals surface area (Å²) < 4.78 is 10.4. The van der Waals surface area contributed by atoms with Crippen LogP contribution in [0, 0.1) is 5.41 Å². The highest BCUT2D eigenvalue weighted by molar-refractivity contribution is 5.86. The Labute approximate surface area is 176 Å². The van der Waals surface area contributed by atoms with Crippen LogP contribution in [0.1, 0.15) is 44.9 Å². The van der Waals surface area contributed by atoms with Gasteiger partial charge in [0.2, 0.25) is 5.91 Å². The fourth-order valence-electron chi connectivity index (χ4n) is 5.24. The summed E-state index contributed by atoms with van der Waals surface area (Å²) in [6, 6.07) is 1.83. The van der Waals surface area contributed by atoms with Crippen LogP contribution in [0.3, 0.4) is 0 Å². The first-order valence-corrected chi connectivity index (χ1v) is 10.7. The fraction of sp³-hybridized carbons (Fsp3) is 0.667. The molecule has 3 N–H and O–H groups in total. The first-order chi connectivity index (χ1) is 14.4. The van der Waals surface area contributed by atoms with E-state index in [1.807, 2.05) is 0 Å². The number of aromatic nitrogens is 1. The summed E-state index contributed by atoms with van der Waals surface area (Å²) in [5.74, 6) is 1.58. The summed E-state index contributed by atoms with van der Waals surface area (Å²) in [4.78, 5) is 33.1. The average molecular weight is 418 g/mol. The van der Waals surface area contributed by atoms with Crippen molar-refractivity contribution in [2.75, 3.05) is 31.6 Å². The smallest absolute Gasteiger partial charge is 0.410 e. The topological polar surface area (TPSA) is 118 Å². The summed E-state index contributed by atoms with van der Waals surface area (Å²) >= 11 is 0. The third kappa shape index (κ3) is 3.90. The Bertz CT molecular complexity index is 811. The molecular weight excluding hydrogens is 388 g/mol. The molecule has 1 aliphatic carbocycles. The monoisotopic (exact) mass is 418 g/mol. The summed E-state index contributed by atoms with van der Waals surface area (Å²) in [7, 11) is 1.54. The van der Waals surface area contributed by atoms with Crippen LogP contribution in [0.2, 0.25) is 0 Å². The number of anilines is 1. The molecule has 4 rings (SSSR count). The van der Waals surface area contributed by atoms with Gasteiger partial charge in [0.1, 0.15) is 0 Å². The van der Waals surface area contributed by atoms with Crippen LogP contribution in [0.5, 0.6) is 11.5 Å². The molecule has 2 amide bonds. The molecule has 3 heterocycles. The van der Waals surface area contributed by atoms with Crippen LogP contribution in [0.4, 0.5) is 10.6 Å². The third-order valence-corrected chi connectivity index (χ3v) is 6.78. The minimum atomic E-state index is -0.907. The van der Waals surface area contributed by atoms with E-state index in [9.17, 15) is 14.7 Å². The van der Waals surface area contributed by atoms with Gasteiger partial charge in [0.05, 0.1) is 24.8 Å². The molecule has 2 saturated heterocycles. The van der Waals surface area contributed by atoms with Gasteiger partial charge < -0.3 is 30.1 Å². The fourth-order valence-corrected chi connectivity index (χ4v) is 5.24. The molecule has 164 valence electrons. The number of hydrogen-bond acceptors (Lipinski definition) is 7. The second kappa shape index (κ2) is 8.29. The zero-order chi connectivity index (χ0) is 21.3. The van der Waals surface area contributed by atoms with E-state index in [4.69, 9.17) is 15.2 Å². The van der Waals surface area contributed by atoms with Crippen molar-refractivity contribution in [1.82, 2.24) is 9.88 Å². The maximum absolute atomic E-state index is 13.5. The second-order valence-corrected chi connectivity index (χ2v) is 8.63. The first-order valence-electron chi connectivity index (χ1n) is 10.7. The van der Waals surface area contributed by atoms with Gasteiger partial charge in [-0.2, -0.15) is 0 Å². The number of aliphatic hydroxyl groups excluding tert-OH is 1. The predicted octanol–water partition coefficient (Wildman–Crippen LogP) is 1.67. The minimum Gasteiger partial charge on any atom is -0.493 e. The van der Waals surface area contributed by atoms with E-state index >= 15 is 0 Å². The Morgan fingerprint density at radius 1 is 1.27 bits per heavy atom. The predicted molar refractivity (Wildman–Crippen MR) is 109 cm³/mol. The van der Waals surface area contributed by atoms with Gasteiger partial charge in [-0.05, 0) is 44.9 Å². The number of methoxy groups -OCH3 is 1. The largest absolute Gasteiger partial charge is 0.493 e. The lowest BCUT2D eigenvalue weighted by Crippen LogP contribution is -2.50. The van der Waals surface area contributed by atoms with Gasteiger partial charge in [-0.15, -0.1) is 0 Å². The van der Waals surface area contributed by atoms with E-state index < -0.39 is 11.5 Å². The zero-order valence-corrected chi connectivity index (χ0v) is 17.4. The lowest BCUT2D eigenvalue weighted by molar-refractivity contribution is -0.139. The molecular formula is C21H30N4O5. The maximum atomic E-state index is 13.5. The lowest BCUT2D eigenvalue weighted by Gasteiger charge is -2.41. The van der Waals surface area contributed by atoms with Gasteiger partial charge in [-0.3, -0.25) is 4.79 Å². The molecule has 3 fully saturated rings. The van der Waals surface area contributed by atoms with Crippen molar-refractivity contribution >= 4 is 17.8 Å². The zero-order valence-electron chi connectivity index (χ0n) is 17.4. The van der Waals surface area contributed by atoms with Crippen LogP contribution in [0.15, 0.2) is 12.3 Å². The van der Waals surface area contributed by atoms with Crippen molar-refractivity contribution in [3.8, 4) is 11.5 Å². The number of hydrogen-bond donors (Lipinski definition) is 2. The molecule has 30 heavy (non-hydrogen) atoms. The third-order valence-electron chi connectivity index (χ3n) is 6.78. The van der Waals surface area contributed by atoms with Crippen LogP contribution in [0.25, 0.3) is 0 Å². The molecule has 2 aliphatic heterocycles. The number of piperidine rings is 1. The Morgan fingerprint density at radius 3 is 2.73 bits per heavy atom. The number of aliphatic hydroxyl groups is 1. The van der Waals surface area contributed by atoms with Crippen molar-refractivity contribution in [3.63, 3.8) is 0 Å². The highest BCUT2D eigenvalue weighted by atomic mass is 16.5. The Kier molecular flexibility index (Phi) is 5.73. The van der Waals surface area contributed by atoms with Gasteiger partial charge in [0.15, 0.2) is 17.3 Å². The molecule has 1 aromatic heterocycles. The molecule has 1 aromatic rings. The number of carbonyl (C=O) groups excluding carboxylic acids is 2. The van der Waals surface area contributed by atoms with E-state index in [0.717, 1.165) is 58.0 Å².